The zero-order chi connectivity index (χ0) is 31.5. The molecule has 2 aromatic carbocycles. The fourth-order valence-electron chi connectivity index (χ4n) is 4.54. The number of carboxylic acids is 1. The van der Waals surface area contributed by atoms with E-state index in [4.69, 9.17) is 30.9 Å². The van der Waals surface area contributed by atoms with Gasteiger partial charge in [0.15, 0.2) is 5.82 Å². The van der Waals surface area contributed by atoms with Crippen molar-refractivity contribution in [3.05, 3.63) is 53.7 Å². The van der Waals surface area contributed by atoms with E-state index in [0.29, 0.717) is 47.1 Å². The fraction of sp³-hybridized carbons (Fsp3) is 0.414. The van der Waals surface area contributed by atoms with Gasteiger partial charge in [0, 0.05) is 57.8 Å². The molecule has 0 amide bonds. The quantitative estimate of drug-likeness (QED) is 0.196. The minimum Gasteiger partial charge on any atom is -0.494 e. The molecule has 1 atom stereocenters. The number of hydrogen-bond acceptors (Lipinski definition) is 11. The summed E-state index contributed by atoms with van der Waals surface area (Å²) in [6, 6.07) is 13.4. The summed E-state index contributed by atoms with van der Waals surface area (Å²) >= 11 is 6.43. The zero-order valence-electron chi connectivity index (χ0n) is 25.0. The van der Waals surface area contributed by atoms with Gasteiger partial charge < -0.3 is 34.9 Å². The molecule has 0 aliphatic carbocycles. The van der Waals surface area contributed by atoms with Crippen LogP contribution in [-0.2, 0) is 25.3 Å². The molecule has 4 rings (SSSR count). The zero-order valence-corrected chi connectivity index (χ0v) is 26.6. The number of halogens is 1. The van der Waals surface area contributed by atoms with Gasteiger partial charge in [0.05, 0.1) is 50.2 Å². The van der Waals surface area contributed by atoms with Crippen molar-refractivity contribution < 1.29 is 28.3 Å². The first-order chi connectivity index (χ1) is 21.2. The number of nitrogens with zero attached hydrogens (tertiary/aromatic N) is 5. The molecule has 0 bridgehead atoms. The van der Waals surface area contributed by atoms with Crippen molar-refractivity contribution in [1.29, 1.82) is 0 Å². The average molecular weight is 648 g/mol. The molecule has 2 heterocycles. The summed E-state index contributed by atoms with van der Waals surface area (Å²) in [5.41, 5.74) is 3.19. The number of aliphatic carboxylic acids is 1. The third-order valence-corrected chi connectivity index (χ3v) is 8.19. The third kappa shape index (κ3) is 9.40. The minimum absolute atomic E-state index is 0.268. The number of carboxylic acid groups (broad SMARTS) is 1. The summed E-state index contributed by atoms with van der Waals surface area (Å²) < 4.78 is 30.0. The van der Waals surface area contributed by atoms with Crippen molar-refractivity contribution in [2.75, 3.05) is 99.4 Å². The Balaban J connectivity index is 1.33. The second kappa shape index (κ2) is 16.4. The van der Waals surface area contributed by atoms with Crippen LogP contribution in [-0.4, -0.2) is 110 Å². The van der Waals surface area contributed by atoms with E-state index in [0.717, 1.165) is 44.1 Å². The Morgan fingerprint density at radius 3 is 2.55 bits per heavy atom. The van der Waals surface area contributed by atoms with Crippen molar-refractivity contribution in [2.45, 2.75) is 0 Å². The van der Waals surface area contributed by atoms with Crippen LogP contribution in [0.25, 0.3) is 0 Å². The van der Waals surface area contributed by atoms with Crippen molar-refractivity contribution in [3.63, 3.8) is 0 Å². The average Bonchev–Trinajstić information content (AvgIpc) is 3.02. The number of aromatic nitrogens is 2. The van der Waals surface area contributed by atoms with E-state index in [1.165, 1.54) is 6.20 Å². The standard InChI is InChI=1S/C29H38ClN7O6S/c1-35(44(3)40)25-7-5-4-6-23(25)32-28-22(30)19-31-29(34-28)33-24-9-8-21(18-26(24)41-2)37-12-10-36(11-13-37)14-15-42-16-17-43-20-27(38)39/h4-9,18-19H,10-17,20H2,1-3H3,(H,38,39)(H2,31,32,33,34). The van der Waals surface area contributed by atoms with Gasteiger partial charge in [-0.1, -0.05) is 23.7 Å². The van der Waals surface area contributed by atoms with E-state index in [1.54, 1.807) is 24.7 Å². The predicted octanol–water partition coefficient (Wildman–Crippen LogP) is 3.60. The molecule has 15 heteroatoms. The molecule has 0 saturated carbocycles. The molecule has 1 aliphatic heterocycles. The highest BCUT2D eigenvalue weighted by Gasteiger charge is 2.19. The Labute approximate surface area is 264 Å². The monoisotopic (exact) mass is 647 g/mol. The number of rotatable bonds is 16. The van der Waals surface area contributed by atoms with Crippen LogP contribution in [0.5, 0.6) is 5.75 Å². The van der Waals surface area contributed by atoms with E-state index >= 15 is 0 Å². The van der Waals surface area contributed by atoms with Crippen LogP contribution in [0.15, 0.2) is 48.7 Å². The third-order valence-electron chi connectivity index (χ3n) is 6.94. The SMILES string of the molecule is COc1cc(N2CCN(CCOCCOCC(=O)O)CC2)ccc1Nc1ncc(Cl)c(Nc2ccccc2N(C)S(C)=O)n1. The summed E-state index contributed by atoms with van der Waals surface area (Å²) in [6.07, 6.45) is 3.13. The van der Waals surface area contributed by atoms with Crippen molar-refractivity contribution in [1.82, 2.24) is 14.9 Å². The predicted molar refractivity (Wildman–Crippen MR) is 173 cm³/mol. The molecule has 1 aromatic heterocycles. The lowest BCUT2D eigenvalue weighted by Gasteiger charge is -2.36. The highest BCUT2D eigenvalue weighted by atomic mass is 35.5. The number of para-hydroxylation sites is 2. The molecule has 3 N–H and O–H groups in total. The molecule has 1 saturated heterocycles. The van der Waals surface area contributed by atoms with Gasteiger partial charge in [-0.15, -0.1) is 0 Å². The van der Waals surface area contributed by atoms with Gasteiger partial charge in [-0.3, -0.25) is 9.21 Å². The van der Waals surface area contributed by atoms with Gasteiger partial charge >= 0.3 is 5.97 Å². The molecular weight excluding hydrogens is 610 g/mol. The molecule has 13 nitrogen and oxygen atoms in total. The molecule has 44 heavy (non-hydrogen) atoms. The lowest BCUT2D eigenvalue weighted by Crippen LogP contribution is -2.47. The molecule has 0 spiro atoms. The molecular formula is C29H38ClN7O6S. The molecule has 0 radical (unpaired) electrons. The topological polar surface area (TPSA) is 142 Å². The molecule has 1 unspecified atom stereocenters. The van der Waals surface area contributed by atoms with Crippen LogP contribution in [0.4, 0.5) is 34.5 Å². The maximum absolute atomic E-state index is 12.1. The van der Waals surface area contributed by atoms with Crippen LogP contribution >= 0.6 is 11.6 Å². The van der Waals surface area contributed by atoms with Gasteiger partial charge in [0.2, 0.25) is 5.95 Å². The highest BCUT2D eigenvalue weighted by molar-refractivity contribution is 7.85. The van der Waals surface area contributed by atoms with Crippen molar-refractivity contribution in [2.24, 2.45) is 0 Å². The highest BCUT2D eigenvalue weighted by Crippen LogP contribution is 2.34. The van der Waals surface area contributed by atoms with E-state index in [1.807, 2.05) is 42.5 Å². The summed E-state index contributed by atoms with van der Waals surface area (Å²) in [4.78, 5) is 24.0. The Morgan fingerprint density at radius 2 is 1.82 bits per heavy atom. The second-order valence-electron chi connectivity index (χ2n) is 9.85. The van der Waals surface area contributed by atoms with E-state index < -0.39 is 17.0 Å². The van der Waals surface area contributed by atoms with Crippen molar-refractivity contribution >= 4 is 63.1 Å². The molecule has 238 valence electrons. The Bertz CT molecular complexity index is 1430. The normalized spacial score (nSPS) is 14.2. The summed E-state index contributed by atoms with van der Waals surface area (Å²) in [5.74, 6) is 0.396. The van der Waals surface area contributed by atoms with E-state index in [2.05, 4.69) is 30.4 Å². The minimum atomic E-state index is -1.21. The number of anilines is 6. The second-order valence-corrected chi connectivity index (χ2v) is 11.7. The maximum Gasteiger partial charge on any atom is 0.329 e. The first-order valence-corrected chi connectivity index (χ1v) is 15.9. The Kier molecular flexibility index (Phi) is 12.4. The Hall–Kier alpha value is -3.69. The van der Waals surface area contributed by atoms with Crippen LogP contribution in [0.2, 0.25) is 5.02 Å². The molecule has 1 aliphatic rings. The number of nitrogens with one attached hydrogen (secondary N) is 2. The van der Waals surface area contributed by atoms with Gasteiger partial charge in [0.1, 0.15) is 28.4 Å². The van der Waals surface area contributed by atoms with Crippen molar-refractivity contribution in [3.8, 4) is 5.75 Å². The number of methoxy groups -OCH3 is 1. The van der Waals surface area contributed by atoms with Crippen LogP contribution in [0.1, 0.15) is 0 Å². The van der Waals surface area contributed by atoms with Gasteiger partial charge in [0.25, 0.3) is 0 Å². The number of benzene rings is 2. The van der Waals surface area contributed by atoms with Crippen LogP contribution in [0, 0.1) is 0 Å². The van der Waals surface area contributed by atoms with E-state index in [-0.39, 0.29) is 13.2 Å². The van der Waals surface area contributed by atoms with E-state index in [9.17, 15) is 9.00 Å². The van der Waals surface area contributed by atoms with Crippen LogP contribution in [0.3, 0.4) is 0 Å². The lowest BCUT2D eigenvalue weighted by molar-refractivity contribution is -0.142. The van der Waals surface area contributed by atoms with Gasteiger partial charge in [-0.05, 0) is 24.3 Å². The number of carbonyl (C=O) groups is 1. The first-order valence-electron chi connectivity index (χ1n) is 14.0. The summed E-state index contributed by atoms with van der Waals surface area (Å²) in [7, 11) is 2.17. The largest absolute Gasteiger partial charge is 0.494 e. The molecule has 3 aromatic rings. The Morgan fingerprint density at radius 1 is 1.07 bits per heavy atom. The number of ether oxygens (including phenoxy) is 3. The maximum atomic E-state index is 12.1. The molecule has 1 fully saturated rings. The first kappa shape index (κ1) is 33.2. The summed E-state index contributed by atoms with van der Waals surface area (Å²) in [6.45, 7) is 5.20. The number of piperazine rings is 1. The van der Waals surface area contributed by atoms with Gasteiger partial charge in [-0.2, -0.15) is 4.98 Å². The van der Waals surface area contributed by atoms with Gasteiger partial charge in [-0.25, -0.2) is 14.0 Å². The number of hydrogen-bond donors (Lipinski definition) is 3. The van der Waals surface area contributed by atoms with Crippen LogP contribution < -0.4 is 24.6 Å². The summed E-state index contributed by atoms with van der Waals surface area (Å²) in [5, 5.41) is 15.4. The fourth-order valence-corrected chi connectivity index (χ4v) is 5.11. The smallest absolute Gasteiger partial charge is 0.329 e. The lowest BCUT2D eigenvalue weighted by atomic mass is 10.2.